The maximum Gasteiger partial charge on any atom is 0.373 e. The lowest BCUT2D eigenvalue weighted by atomic mass is 10.2. The van der Waals surface area contributed by atoms with E-state index in [9.17, 15) is 9.59 Å². The number of carbonyl (C=O) groups is 2. The fourth-order valence-corrected chi connectivity index (χ4v) is 2.66. The first-order valence-corrected chi connectivity index (χ1v) is 8.56. The molecule has 1 aliphatic rings. The Hall–Kier alpha value is -3.07. The molecule has 1 fully saturated rings. The molecule has 0 radical (unpaired) electrons. The molecule has 1 aromatic carbocycles. The third-order valence-corrected chi connectivity index (χ3v) is 4.09. The predicted molar refractivity (Wildman–Crippen MR) is 96.5 cm³/mol. The Labute approximate surface area is 153 Å². The number of furan rings is 1. The summed E-state index contributed by atoms with van der Waals surface area (Å²) in [4.78, 5) is 22.4. The molecule has 0 aliphatic carbocycles. The van der Waals surface area contributed by atoms with Gasteiger partial charge in [0.15, 0.2) is 5.17 Å². The van der Waals surface area contributed by atoms with Crippen molar-refractivity contribution in [3.63, 3.8) is 0 Å². The lowest BCUT2D eigenvalue weighted by Gasteiger charge is -2.04. The van der Waals surface area contributed by atoms with Gasteiger partial charge < -0.3 is 19.2 Å². The van der Waals surface area contributed by atoms with Crippen LogP contribution < -0.4 is 10.1 Å². The van der Waals surface area contributed by atoms with Crippen molar-refractivity contribution in [2.24, 2.45) is 10.2 Å². The number of thioether (sulfide) groups is 1. The molecule has 0 bridgehead atoms. The van der Waals surface area contributed by atoms with E-state index in [1.165, 1.54) is 24.9 Å². The first-order chi connectivity index (χ1) is 12.6. The van der Waals surface area contributed by atoms with E-state index < -0.39 is 5.97 Å². The summed E-state index contributed by atoms with van der Waals surface area (Å²) in [6, 6.07) is 10.4. The smallest absolute Gasteiger partial charge is 0.373 e. The molecule has 1 N–H and O–H groups in total. The minimum absolute atomic E-state index is 0.0763. The number of methoxy groups -OCH3 is 1. The average Bonchev–Trinajstić information content (AvgIpc) is 3.29. The van der Waals surface area contributed by atoms with Crippen LogP contribution in [0.5, 0.6) is 5.75 Å². The molecule has 9 heteroatoms. The molecule has 1 aromatic heterocycles. The van der Waals surface area contributed by atoms with Crippen LogP contribution in [0.25, 0.3) is 0 Å². The summed E-state index contributed by atoms with van der Waals surface area (Å²) in [5, 5.41) is 11.0. The van der Waals surface area contributed by atoms with Crippen molar-refractivity contribution in [1.82, 2.24) is 5.32 Å². The van der Waals surface area contributed by atoms with Gasteiger partial charge in [0.05, 0.1) is 19.1 Å². The van der Waals surface area contributed by atoms with Gasteiger partial charge in [-0.3, -0.25) is 4.79 Å². The fourth-order valence-electron chi connectivity index (χ4n) is 2.03. The Morgan fingerprint density at radius 3 is 3.04 bits per heavy atom. The number of hydrogen-bond donors (Lipinski definition) is 1. The normalized spacial score (nSPS) is 15.4. The highest BCUT2D eigenvalue weighted by atomic mass is 32.2. The molecule has 1 saturated heterocycles. The summed E-state index contributed by atoms with van der Waals surface area (Å²) >= 11 is 1.31. The summed E-state index contributed by atoms with van der Waals surface area (Å²) in [7, 11) is 1.29. The zero-order valence-electron chi connectivity index (χ0n) is 13.8. The van der Waals surface area contributed by atoms with E-state index in [1.807, 2.05) is 12.1 Å². The quantitative estimate of drug-likeness (QED) is 0.473. The van der Waals surface area contributed by atoms with Gasteiger partial charge in [0.1, 0.15) is 18.1 Å². The second kappa shape index (κ2) is 8.34. The first-order valence-electron chi connectivity index (χ1n) is 7.57. The van der Waals surface area contributed by atoms with E-state index in [1.54, 1.807) is 24.4 Å². The van der Waals surface area contributed by atoms with E-state index in [-0.39, 0.29) is 18.3 Å². The van der Waals surface area contributed by atoms with E-state index in [4.69, 9.17) is 9.15 Å². The van der Waals surface area contributed by atoms with Gasteiger partial charge in [-0.05, 0) is 29.8 Å². The monoisotopic (exact) mass is 373 g/mol. The molecule has 134 valence electrons. The maximum atomic E-state index is 11.4. The number of carbonyl (C=O) groups excluding carboxylic acids is 2. The maximum absolute atomic E-state index is 11.4. The van der Waals surface area contributed by atoms with Gasteiger partial charge in [0.25, 0.3) is 0 Å². The minimum atomic E-state index is -0.535. The number of nitrogens with zero attached hydrogens (tertiary/aromatic N) is 2. The molecule has 3 rings (SSSR count). The SMILES string of the molecule is COC(=O)c1ccc(COc2cccc(C=NN=C3NC(=O)CS3)c2)o1. The van der Waals surface area contributed by atoms with Gasteiger partial charge in [0, 0.05) is 0 Å². The van der Waals surface area contributed by atoms with Crippen LogP contribution in [0.3, 0.4) is 0 Å². The van der Waals surface area contributed by atoms with Gasteiger partial charge in [-0.2, -0.15) is 5.10 Å². The second-order valence-corrected chi connectivity index (χ2v) is 6.07. The molecule has 2 heterocycles. The molecular formula is C17H15N3O5S. The van der Waals surface area contributed by atoms with Crippen LogP contribution in [0.1, 0.15) is 21.9 Å². The lowest BCUT2D eigenvalue weighted by Crippen LogP contribution is -2.19. The van der Waals surface area contributed by atoms with Crippen molar-refractivity contribution in [3.05, 3.63) is 53.5 Å². The van der Waals surface area contributed by atoms with Crippen molar-refractivity contribution in [1.29, 1.82) is 0 Å². The molecule has 26 heavy (non-hydrogen) atoms. The number of rotatable bonds is 6. The van der Waals surface area contributed by atoms with Crippen LogP contribution in [-0.2, 0) is 16.1 Å². The van der Waals surface area contributed by atoms with Gasteiger partial charge in [-0.25, -0.2) is 4.79 Å². The van der Waals surface area contributed by atoms with Crippen molar-refractivity contribution in [2.45, 2.75) is 6.61 Å². The van der Waals surface area contributed by atoms with E-state index in [0.717, 1.165) is 5.56 Å². The van der Waals surface area contributed by atoms with Crippen molar-refractivity contribution >= 4 is 35.0 Å². The number of ether oxygens (including phenoxy) is 2. The molecule has 0 unspecified atom stereocenters. The number of benzene rings is 1. The molecule has 0 spiro atoms. The predicted octanol–water partition coefficient (Wildman–Crippen LogP) is 2.20. The highest BCUT2D eigenvalue weighted by Crippen LogP contribution is 2.16. The Balaban J connectivity index is 1.58. The number of nitrogens with one attached hydrogen (secondary N) is 1. The highest BCUT2D eigenvalue weighted by molar-refractivity contribution is 8.15. The van der Waals surface area contributed by atoms with Crippen LogP contribution in [0.4, 0.5) is 0 Å². The summed E-state index contributed by atoms with van der Waals surface area (Å²) in [5.41, 5.74) is 0.788. The minimum Gasteiger partial charge on any atom is -0.486 e. The molecule has 1 amide bonds. The molecule has 2 aromatic rings. The Kier molecular flexibility index (Phi) is 5.69. The van der Waals surface area contributed by atoms with Crippen LogP contribution >= 0.6 is 11.8 Å². The van der Waals surface area contributed by atoms with E-state index in [2.05, 4.69) is 20.3 Å². The second-order valence-electron chi connectivity index (χ2n) is 5.11. The summed E-state index contributed by atoms with van der Waals surface area (Å²) in [6.07, 6.45) is 1.56. The number of hydrogen-bond acceptors (Lipinski definition) is 8. The summed E-state index contributed by atoms with van der Waals surface area (Å²) in [6.45, 7) is 0.169. The van der Waals surface area contributed by atoms with E-state index in [0.29, 0.717) is 22.4 Å². The van der Waals surface area contributed by atoms with Crippen molar-refractivity contribution in [3.8, 4) is 5.75 Å². The number of esters is 1. The van der Waals surface area contributed by atoms with Crippen LogP contribution in [-0.4, -0.2) is 36.1 Å². The van der Waals surface area contributed by atoms with Crippen molar-refractivity contribution < 1.29 is 23.5 Å². The molecule has 1 aliphatic heterocycles. The number of amides is 1. The van der Waals surface area contributed by atoms with Gasteiger partial charge in [0.2, 0.25) is 11.7 Å². The van der Waals surface area contributed by atoms with Crippen molar-refractivity contribution in [2.75, 3.05) is 12.9 Å². The molecule has 0 atom stereocenters. The van der Waals surface area contributed by atoms with Crippen LogP contribution in [0.15, 0.2) is 51.0 Å². The van der Waals surface area contributed by atoms with Crippen LogP contribution in [0.2, 0.25) is 0 Å². The third kappa shape index (κ3) is 4.73. The summed E-state index contributed by atoms with van der Waals surface area (Å²) in [5.74, 6) is 0.997. The third-order valence-electron chi connectivity index (χ3n) is 3.23. The molecule has 0 saturated carbocycles. The fraction of sp³-hybridized carbons (Fsp3) is 0.176. The Morgan fingerprint density at radius 1 is 1.38 bits per heavy atom. The largest absolute Gasteiger partial charge is 0.486 e. The molecular weight excluding hydrogens is 358 g/mol. The lowest BCUT2D eigenvalue weighted by molar-refractivity contribution is -0.116. The summed E-state index contributed by atoms with van der Waals surface area (Å²) < 4.78 is 15.6. The van der Waals surface area contributed by atoms with Gasteiger partial charge >= 0.3 is 5.97 Å². The Bertz CT molecular complexity index is 875. The zero-order chi connectivity index (χ0) is 18.4. The molecule has 8 nitrogen and oxygen atoms in total. The average molecular weight is 373 g/mol. The first kappa shape index (κ1) is 17.7. The van der Waals surface area contributed by atoms with Gasteiger partial charge in [-0.1, -0.05) is 23.9 Å². The number of amidine groups is 1. The van der Waals surface area contributed by atoms with Gasteiger partial charge in [-0.15, -0.1) is 5.10 Å². The highest BCUT2D eigenvalue weighted by Gasteiger charge is 2.16. The van der Waals surface area contributed by atoms with E-state index >= 15 is 0 Å². The zero-order valence-corrected chi connectivity index (χ0v) is 14.6. The standard InChI is InChI=1S/C17H15N3O5S/c1-23-16(22)14-6-5-13(25-14)9-24-12-4-2-3-11(7-12)8-18-20-17-19-15(21)10-26-17/h2-8H,9-10H2,1H3,(H,19,20,21). The topological polar surface area (TPSA) is 102 Å². The van der Waals surface area contributed by atoms with Crippen LogP contribution in [0, 0.1) is 0 Å². The Morgan fingerprint density at radius 2 is 2.27 bits per heavy atom.